The molecule has 0 atom stereocenters. The van der Waals surface area contributed by atoms with Gasteiger partial charge in [-0.1, -0.05) is 18.2 Å². The lowest BCUT2D eigenvalue weighted by atomic mass is 10.1. The summed E-state index contributed by atoms with van der Waals surface area (Å²) in [6.45, 7) is 5.73. The van der Waals surface area contributed by atoms with Gasteiger partial charge < -0.3 is 9.32 Å². The molecular weight excluding hydrogens is 372 g/mol. The van der Waals surface area contributed by atoms with Crippen LogP contribution < -0.4 is 10.5 Å². The number of hydrogen-bond donors (Lipinski definition) is 0. The van der Waals surface area contributed by atoms with E-state index in [-0.39, 0.29) is 11.3 Å². The van der Waals surface area contributed by atoms with Crippen LogP contribution in [0.15, 0.2) is 63.8 Å². The van der Waals surface area contributed by atoms with Crippen LogP contribution in [0.4, 0.5) is 11.4 Å². The first-order chi connectivity index (χ1) is 13.9. The molecule has 0 unspecified atom stereocenters. The smallest absolute Gasteiger partial charge is 0.347 e. The fourth-order valence-corrected chi connectivity index (χ4v) is 3.06. The lowest BCUT2D eigenvalue weighted by Gasteiger charge is -2.20. The molecule has 0 aliphatic carbocycles. The van der Waals surface area contributed by atoms with Crippen molar-refractivity contribution in [3.05, 3.63) is 86.3 Å². The van der Waals surface area contributed by atoms with E-state index in [4.69, 9.17) is 4.42 Å². The Morgan fingerprint density at radius 2 is 1.90 bits per heavy atom. The lowest BCUT2D eigenvalue weighted by molar-refractivity contribution is -0.384. The molecule has 0 saturated heterocycles. The zero-order valence-electron chi connectivity index (χ0n) is 16.1. The van der Waals surface area contributed by atoms with Gasteiger partial charge in [0.1, 0.15) is 11.1 Å². The fourth-order valence-electron chi connectivity index (χ4n) is 3.06. The zero-order valence-corrected chi connectivity index (χ0v) is 16.1. The van der Waals surface area contributed by atoms with Gasteiger partial charge in [0.2, 0.25) is 0 Å². The standard InChI is InChI=1S/C22H20N2O5/c1-3-23(4-2)17-10-9-16-13-19(22(26)29-21(16)14-17)20(25)11-8-15-6-5-7-18(12-15)24(27)28/h5-14H,3-4H2,1-2H3/b11-8+. The van der Waals surface area contributed by atoms with Crippen molar-refractivity contribution < 1.29 is 14.1 Å². The van der Waals surface area contributed by atoms with E-state index in [1.54, 1.807) is 12.1 Å². The second-order valence-corrected chi connectivity index (χ2v) is 6.39. The first kappa shape index (κ1) is 20.0. The lowest BCUT2D eigenvalue weighted by Crippen LogP contribution is -2.21. The van der Waals surface area contributed by atoms with Gasteiger partial charge in [0.05, 0.1) is 4.92 Å². The first-order valence-electron chi connectivity index (χ1n) is 9.22. The predicted molar refractivity (Wildman–Crippen MR) is 113 cm³/mol. The van der Waals surface area contributed by atoms with E-state index >= 15 is 0 Å². The number of anilines is 1. The summed E-state index contributed by atoms with van der Waals surface area (Å²) in [5.74, 6) is -0.528. The van der Waals surface area contributed by atoms with Gasteiger partial charge in [0, 0.05) is 42.4 Å². The number of fused-ring (bicyclic) bond motifs is 1. The van der Waals surface area contributed by atoms with Crippen molar-refractivity contribution in [1.82, 2.24) is 0 Å². The third kappa shape index (κ3) is 4.40. The molecule has 3 aromatic rings. The molecule has 0 aliphatic rings. The van der Waals surface area contributed by atoms with Gasteiger partial charge in [-0.3, -0.25) is 14.9 Å². The van der Waals surface area contributed by atoms with Crippen LogP contribution >= 0.6 is 0 Å². The Bertz CT molecular complexity index is 1160. The minimum absolute atomic E-state index is 0.0752. The molecule has 29 heavy (non-hydrogen) atoms. The van der Waals surface area contributed by atoms with Gasteiger partial charge in [-0.2, -0.15) is 0 Å². The number of benzene rings is 2. The van der Waals surface area contributed by atoms with Crippen molar-refractivity contribution in [3.63, 3.8) is 0 Å². The van der Waals surface area contributed by atoms with E-state index in [1.165, 1.54) is 36.4 Å². The Morgan fingerprint density at radius 1 is 1.14 bits per heavy atom. The van der Waals surface area contributed by atoms with Gasteiger partial charge in [-0.15, -0.1) is 0 Å². The van der Waals surface area contributed by atoms with Crippen molar-refractivity contribution in [3.8, 4) is 0 Å². The summed E-state index contributed by atoms with van der Waals surface area (Å²) in [5, 5.41) is 11.5. The molecule has 3 rings (SSSR count). The van der Waals surface area contributed by atoms with Crippen LogP contribution in [-0.4, -0.2) is 23.8 Å². The molecule has 0 fully saturated rings. The molecule has 148 valence electrons. The van der Waals surface area contributed by atoms with Gasteiger partial charge in [-0.25, -0.2) is 4.79 Å². The Morgan fingerprint density at radius 3 is 2.59 bits per heavy atom. The van der Waals surface area contributed by atoms with Crippen LogP contribution in [0, 0.1) is 10.1 Å². The van der Waals surface area contributed by atoms with Crippen LogP contribution in [0.1, 0.15) is 29.8 Å². The van der Waals surface area contributed by atoms with E-state index in [1.807, 2.05) is 26.0 Å². The van der Waals surface area contributed by atoms with Gasteiger partial charge in [0.25, 0.3) is 5.69 Å². The van der Waals surface area contributed by atoms with E-state index < -0.39 is 16.3 Å². The van der Waals surface area contributed by atoms with Gasteiger partial charge in [0.15, 0.2) is 5.78 Å². The van der Waals surface area contributed by atoms with Crippen molar-refractivity contribution in [2.45, 2.75) is 13.8 Å². The van der Waals surface area contributed by atoms with E-state index in [0.29, 0.717) is 16.5 Å². The van der Waals surface area contributed by atoms with E-state index in [2.05, 4.69) is 4.90 Å². The summed E-state index contributed by atoms with van der Waals surface area (Å²) in [7, 11) is 0. The molecule has 1 aromatic heterocycles. The summed E-state index contributed by atoms with van der Waals surface area (Å²) in [4.78, 5) is 37.3. The monoisotopic (exact) mass is 392 g/mol. The number of nitrogens with zero attached hydrogens (tertiary/aromatic N) is 2. The summed E-state index contributed by atoms with van der Waals surface area (Å²) in [6, 6.07) is 12.9. The second-order valence-electron chi connectivity index (χ2n) is 6.39. The molecular formula is C22H20N2O5. The van der Waals surface area contributed by atoms with E-state index in [0.717, 1.165) is 18.8 Å². The SMILES string of the molecule is CCN(CC)c1ccc2cc(C(=O)/C=C/c3cccc([N+](=O)[O-])c3)c(=O)oc2c1. The summed E-state index contributed by atoms with van der Waals surface area (Å²) in [6.07, 6.45) is 2.64. The average molecular weight is 392 g/mol. The minimum atomic E-state index is -0.720. The average Bonchev–Trinajstić information content (AvgIpc) is 2.72. The maximum absolute atomic E-state index is 12.5. The topological polar surface area (TPSA) is 93.7 Å². The third-order valence-electron chi connectivity index (χ3n) is 4.62. The maximum Gasteiger partial charge on any atom is 0.347 e. The number of nitro groups is 1. The molecule has 7 heteroatoms. The highest BCUT2D eigenvalue weighted by Crippen LogP contribution is 2.22. The molecule has 0 N–H and O–H groups in total. The molecule has 2 aromatic carbocycles. The highest BCUT2D eigenvalue weighted by molar-refractivity contribution is 6.07. The Hall–Kier alpha value is -3.74. The largest absolute Gasteiger partial charge is 0.422 e. The minimum Gasteiger partial charge on any atom is -0.422 e. The number of rotatable bonds is 7. The van der Waals surface area contributed by atoms with Crippen LogP contribution in [0.3, 0.4) is 0 Å². The summed E-state index contributed by atoms with van der Waals surface area (Å²) >= 11 is 0. The molecule has 1 heterocycles. The molecule has 0 amide bonds. The first-order valence-corrected chi connectivity index (χ1v) is 9.22. The van der Waals surface area contributed by atoms with Crippen molar-refractivity contribution in [1.29, 1.82) is 0 Å². The molecule has 0 bridgehead atoms. The number of hydrogen-bond acceptors (Lipinski definition) is 6. The van der Waals surface area contributed by atoms with Crippen molar-refractivity contribution in [2.75, 3.05) is 18.0 Å². The van der Waals surface area contributed by atoms with Gasteiger partial charge in [-0.05, 0) is 43.7 Å². The number of nitro benzene ring substituents is 1. The number of allylic oxidation sites excluding steroid dienone is 1. The maximum atomic E-state index is 12.5. The molecule has 0 spiro atoms. The van der Waals surface area contributed by atoms with Crippen LogP contribution in [0.25, 0.3) is 17.0 Å². The molecule has 0 radical (unpaired) electrons. The van der Waals surface area contributed by atoms with Crippen LogP contribution in [0.2, 0.25) is 0 Å². The Balaban J connectivity index is 1.91. The number of ketones is 1. The Labute approximate surface area is 167 Å². The third-order valence-corrected chi connectivity index (χ3v) is 4.62. The molecule has 7 nitrogen and oxygen atoms in total. The number of non-ortho nitro benzene ring substituents is 1. The zero-order chi connectivity index (χ0) is 21.0. The summed E-state index contributed by atoms with van der Waals surface area (Å²) in [5.41, 5.74) is 0.960. The summed E-state index contributed by atoms with van der Waals surface area (Å²) < 4.78 is 5.37. The highest BCUT2D eigenvalue weighted by atomic mass is 16.6. The van der Waals surface area contributed by atoms with Gasteiger partial charge >= 0.3 is 5.63 Å². The second kappa shape index (κ2) is 8.52. The Kier molecular flexibility index (Phi) is 5.87. The van der Waals surface area contributed by atoms with Crippen molar-refractivity contribution >= 4 is 34.2 Å². The number of carbonyl (C=O) groups excluding carboxylic acids is 1. The fraction of sp³-hybridized carbons (Fsp3) is 0.182. The highest BCUT2D eigenvalue weighted by Gasteiger charge is 2.13. The van der Waals surface area contributed by atoms with Crippen LogP contribution in [0.5, 0.6) is 0 Å². The predicted octanol–water partition coefficient (Wildman–Crippen LogP) is 4.44. The quantitative estimate of drug-likeness (QED) is 0.194. The normalized spacial score (nSPS) is 11.1. The molecule has 0 saturated carbocycles. The van der Waals surface area contributed by atoms with Crippen LogP contribution in [-0.2, 0) is 0 Å². The number of carbonyl (C=O) groups is 1. The van der Waals surface area contributed by atoms with Crippen molar-refractivity contribution in [2.24, 2.45) is 0 Å². The molecule has 0 aliphatic heterocycles. The van der Waals surface area contributed by atoms with E-state index in [9.17, 15) is 19.7 Å².